The Morgan fingerprint density at radius 1 is 1.47 bits per heavy atom. The van der Waals surface area contributed by atoms with Crippen molar-refractivity contribution in [3.8, 4) is 0 Å². The number of hydrogen-bond donors (Lipinski definition) is 1. The monoisotopic (exact) mass is 228 g/mol. The third kappa shape index (κ3) is 3.23. The Hall–Kier alpha value is -1.03. The van der Waals surface area contributed by atoms with Gasteiger partial charge < -0.3 is 10.6 Å². The molecule has 4 nitrogen and oxygen atoms in total. The Morgan fingerprint density at radius 2 is 2.13 bits per heavy atom. The smallest absolute Gasteiger partial charge is 0.152 e. The third-order valence-electron chi connectivity index (χ3n) is 2.20. The number of halogens is 1. The van der Waals surface area contributed by atoms with Gasteiger partial charge in [-0.3, -0.25) is 0 Å². The van der Waals surface area contributed by atoms with E-state index in [0.29, 0.717) is 22.6 Å². The van der Waals surface area contributed by atoms with Crippen molar-refractivity contribution < 1.29 is 0 Å². The van der Waals surface area contributed by atoms with Crippen LogP contribution in [-0.4, -0.2) is 23.6 Å². The quantitative estimate of drug-likeness (QED) is 0.859. The van der Waals surface area contributed by atoms with Gasteiger partial charge >= 0.3 is 0 Å². The van der Waals surface area contributed by atoms with Gasteiger partial charge in [0, 0.05) is 13.6 Å². The molecule has 0 aliphatic heterocycles. The molecule has 0 saturated heterocycles. The van der Waals surface area contributed by atoms with Crippen molar-refractivity contribution in [3.63, 3.8) is 0 Å². The van der Waals surface area contributed by atoms with E-state index in [1.807, 2.05) is 11.9 Å². The molecule has 0 radical (unpaired) electrons. The first-order valence-corrected chi connectivity index (χ1v) is 5.37. The Morgan fingerprint density at radius 3 is 2.73 bits per heavy atom. The zero-order chi connectivity index (χ0) is 11.4. The molecule has 0 aromatic carbocycles. The minimum Gasteiger partial charge on any atom is -0.382 e. The van der Waals surface area contributed by atoms with Crippen LogP contribution in [0, 0.1) is 5.92 Å². The predicted octanol–water partition coefficient (Wildman–Crippen LogP) is 2.19. The molecule has 0 unspecified atom stereocenters. The number of aromatic nitrogens is 2. The van der Waals surface area contributed by atoms with Gasteiger partial charge in [-0.2, -0.15) is 0 Å². The van der Waals surface area contributed by atoms with E-state index in [1.54, 1.807) is 0 Å². The lowest BCUT2D eigenvalue weighted by Gasteiger charge is -2.20. The Kier molecular flexibility index (Phi) is 4.15. The summed E-state index contributed by atoms with van der Waals surface area (Å²) in [5.41, 5.74) is 5.60. The lowest BCUT2D eigenvalue weighted by atomic mass is 10.1. The fourth-order valence-electron chi connectivity index (χ4n) is 1.20. The summed E-state index contributed by atoms with van der Waals surface area (Å²) >= 11 is 6.01. The van der Waals surface area contributed by atoms with Crippen LogP contribution in [0.2, 0.25) is 5.02 Å². The summed E-state index contributed by atoms with van der Waals surface area (Å²) in [6.45, 7) is 5.28. The molecule has 15 heavy (non-hydrogen) atoms. The zero-order valence-electron chi connectivity index (χ0n) is 9.37. The molecule has 0 aliphatic carbocycles. The highest BCUT2D eigenvalue weighted by molar-refractivity contribution is 6.35. The number of hydrogen-bond acceptors (Lipinski definition) is 4. The lowest BCUT2D eigenvalue weighted by molar-refractivity contribution is 0.583. The van der Waals surface area contributed by atoms with Crippen molar-refractivity contribution in [2.24, 2.45) is 5.92 Å². The van der Waals surface area contributed by atoms with Crippen molar-refractivity contribution in [2.75, 3.05) is 24.2 Å². The van der Waals surface area contributed by atoms with Crippen molar-refractivity contribution in [3.05, 3.63) is 11.3 Å². The average Bonchev–Trinajstić information content (AvgIpc) is 2.18. The van der Waals surface area contributed by atoms with Gasteiger partial charge in [0.1, 0.15) is 17.2 Å². The molecular formula is C10H17ClN4. The second-order valence-electron chi connectivity index (χ2n) is 4.00. The minimum atomic E-state index is 0.332. The maximum atomic E-state index is 6.01. The molecule has 2 N–H and O–H groups in total. The molecule has 0 bridgehead atoms. The highest BCUT2D eigenvalue weighted by Gasteiger charge is 2.11. The molecule has 1 aromatic rings. The summed E-state index contributed by atoms with van der Waals surface area (Å²) in [6, 6.07) is 0. The maximum Gasteiger partial charge on any atom is 0.152 e. The van der Waals surface area contributed by atoms with E-state index in [-0.39, 0.29) is 0 Å². The molecule has 0 fully saturated rings. The van der Waals surface area contributed by atoms with Crippen LogP contribution < -0.4 is 10.6 Å². The minimum absolute atomic E-state index is 0.332. The van der Waals surface area contributed by atoms with E-state index in [1.165, 1.54) is 6.33 Å². The normalized spacial score (nSPS) is 10.7. The van der Waals surface area contributed by atoms with E-state index in [9.17, 15) is 0 Å². The lowest BCUT2D eigenvalue weighted by Crippen LogP contribution is -2.21. The van der Waals surface area contributed by atoms with E-state index >= 15 is 0 Å². The number of nitrogens with two attached hydrogens (primary N) is 1. The zero-order valence-corrected chi connectivity index (χ0v) is 10.1. The highest BCUT2D eigenvalue weighted by Crippen LogP contribution is 2.26. The van der Waals surface area contributed by atoms with Gasteiger partial charge in [0.2, 0.25) is 0 Å². The fraction of sp³-hybridized carbons (Fsp3) is 0.600. The topological polar surface area (TPSA) is 55.0 Å². The number of nitrogen functional groups attached to an aromatic ring is 1. The van der Waals surface area contributed by atoms with E-state index < -0.39 is 0 Å². The number of nitrogens with zero attached hydrogens (tertiary/aromatic N) is 3. The van der Waals surface area contributed by atoms with Crippen molar-refractivity contribution in [1.82, 2.24) is 9.97 Å². The molecule has 0 spiro atoms. The molecule has 0 aliphatic rings. The van der Waals surface area contributed by atoms with Crippen molar-refractivity contribution in [2.45, 2.75) is 20.3 Å². The van der Waals surface area contributed by atoms with Gasteiger partial charge in [-0.1, -0.05) is 25.4 Å². The first-order valence-electron chi connectivity index (χ1n) is 4.99. The molecule has 1 heterocycles. The summed E-state index contributed by atoms with van der Waals surface area (Å²) in [4.78, 5) is 9.95. The molecule has 5 heteroatoms. The summed E-state index contributed by atoms with van der Waals surface area (Å²) in [6.07, 6.45) is 2.53. The standard InChI is InChI=1S/C10H17ClN4/c1-7(2)4-5-15(3)10-8(11)9(12)13-6-14-10/h6-7H,4-5H2,1-3H3,(H2,12,13,14). The van der Waals surface area contributed by atoms with Crippen LogP contribution in [0.15, 0.2) is 6.33 Å². The first-order chi connectivity index (χ1) is 7.02. The Labute approximate surface area is 95.5 Å². The van der Waals surface area contributed by atoms with Gasteiger partial charge in [-0.25, -0.2) is 9.97 Å². The highest BCUT2D eigenvalue weighted by atomic mass is 35.5. The van der Waals surface area contributed by atoms with Crippen LogP contribution in [-0.2, 0) is 0 Å². The Balaban J connectivity index is 2.73. The van der Waals surface area contributed by atoms with Crippen molar-refractivity contribution in [1.29, 1.82) is 0 Å². The van der Waals surface area contributed by atoms with E-state index in [4.69, 9.17) is 17.3 Å². The van der Waals surface area contributed by atoms with Gasteiger partial charge in [-0.15, -0.1) is 0 Å². The molecule has 0 atom stereocenters. The SMILES string of the molecule is CC(C)CCN(C)c1ncnc(N)c1Cl. The average molecular weight is 229 g/mol. The van der Waals surface area contributed by atoms with Gasteiger partial charge in [0.25, 0.3) is 0 Å². The molecular weight excluding hydrogens is 212 g/mol. The van der Waals surface area contributed by atoms with E-state index in [2.05, 4.69) is 23.8 Å². The third-order valence-corrected chi connectivity index (χ3v) is 2.56. The molecule has 0 saturated carbocycles. The predicted molar refractivity (Wildman–Crippen MR) is 64.2 cm³/mol. The van der Waals surface area contributed by atoms with Crippen LogP contribution in [0.1, 0.15) is 20.3 Å². The van der Waals surface area contributed by atoms with Gasteiger partial charge in [0.05, 0.1) is 0 Å². The van der Waals surface area contributed by atoms with Crippen LogP contribution in [0.3, 0.4) is 0 Å². The van der Waals surface area contributed by atoms with Crippen LogP contribution in [0.5, 0.6) is 0 Å². The summed E-state index contributed by atoms with van der Waals surface area (Å²) in [5, 5.41) is 0.434. The maximum absolute atomic E-state index is 6.01. The van der Waals surface area contributed by atoms with Crippen molar-refractivity contribution >= 4 is 23.2 Å². The molecule has 1 aromatic heterocycles. The largest absolute Gasteiger partial charge is 0.382 e. The second kappa shape index (κ2) is 5.16. The van der Waals surface area contributed by atoms with Gasteiger partial charge in [-0.05, 0) is 12.3 Å². The van der Waals surface area contributed by atoms with Gasteiger partial charge in [0.15, 0.2) is 5.82 Å². The van der Waals surface area contributed by atoms with Crippen LogP contribution in [0.25, 0.3) is 0 Å². The first kappa shape index (κ1) is 12.0. The second-order valence-corrected chi connectivity index (χ2v) is 4.38. The number of rotatable bonds is 4. The van der Waals surface area contributed by atoms with E-state index in [0.717, 1.165) is 13.0 Å². The fourth-order valence-corrected chi connectivity index (χ4v) is 1.44. The summed E-state index contributed by atoms with van der Waals surface area (Å²) in [7, 11) is 1.95. The van der Waals surface area contributed by atoms with Crippen LogP contribution in [0.4, 0.5) is 11.6 Å². The summed E-state index contributed by atoms with van der Waals surface area (Å²) < 4.78 is 0. The summed E-state index contributed by atoms with van der Waals surface area (Å²) in [5.74, 6) is 1.69. The molecule has 1 rings (SSSR count). The Bertz CT molecular complexity index is 327. The molecule has 0 amide bonds. The molecule has 84 valence electrons. The van der Waals surface area contributed by atoms with Crippen LogP contribution >= 0.6 is 11.6 Å². The number of anilines is 2.